The average molecular weight is 356 g/mol. The first kappa shape index (κ1) is 16.6. The summed E-state index contributed by atoms with van der Waals surface area (Å²) in [5, 5.41) is 4.14. The van der Waals surface area contributed by atoms with Crippen LogP contribution in [0.3, 0.4) is 0 Å². The fourth-order valence-corrected chi connectivity index (χ4v) is 8.19. The molecule has 0 radical (unpaired) electrons. The van der Waals surface area contributed by atoms with E-state index in [1.54, 1.807) is 0 Å². The molecule has 0 aliphatic heterocycles. The fraction of sp³-hybridized carbons (Fsp3) is 0.0435. The van der Waals surface area contributed by atoms with Crippen LogP contribution in [0.1, 0.15) is 5.82 Å². The van der Waals surface area contributed by atoms with Crippen molar-refractivity contribution in [3.8, 4) is 0 Å². The zero-order chi connectivity index (χ0) is 17.7. The molecule has 128 valence electrons. The Kier molecular flexibility index (Phi) is 4.86. The van der Waals surface area contributed by atoms with Gasteiger partial charge in [0.25, 0.3) is 0 Å². The molecule has 2 nitrogen and oxygen atoms in total. The summed E-state index contributed by atoms with van der Waals surface area (Å²) in [4.78, 5) is 9.13. The van der Waals surface area contributed by atoms with Gasteiger partial charge in [-0.1, -0.05) is 0 Å². The van der Waals surface area contributed by atoms with E-state index in [0.29, 0.717) is 0 Å². The van der Waals surface area contributed by atoms with E-state index in [2.05, 4.69) is 101 Å². The Morgan fingerprint density at radius 1 is 0.500 bits per heavy atom. The number of nitrogens with zero attached hydrogens (tertiary/aromatic N) is 2. The van der Waals surface area contributed by atoms with Crippen LogP contribution in [0.5, 0.6) is 0 Å². The molecule has 0 aliphatic carbocycles. The third-order valence-electron chi connectivity index (χ3n) is 4.84. The van der Waals surface area contributed by atoms with Crippen LogP contribution >= 0.6 is 7.26 Å². The molecule has 26 heavy (non-hydrogen) atoms. The quantitative estimate of drug-likeness (QED) is 0.510. The van der Waals surface area contributed by atoms with Gasteiger partial charge < -0.3 is 0 Å². The molecule has 4 rings (SSSR count). The molecule has 0 spiro atoms. The van der Waals surface area contributed by atoms with Crippen molar-refractivity contribution in [2.24, 2.45) is 0 Å². The summed E-state index contributed by atoms with van der Waals surface area (Å²) >= 11 is 0. The first-order chi connectivity index (χ1) is 12.9. The zero-order valence-corrected chi connectivity index (χ0v) is 15.5. The average Bonchev–Trinajstić information content (AvgIpc) is 2.75. The van der Waals surface area contributed by atoms with Crippen molar-refractivity contribution in [1.29, 1.82) is 0 Å². The summed E-state index contributed by atoms with van der Waals surface area (Å²) in [7, 11) is -2.29. The third-order valence-corrected chi connectivity index (χ3v) is 9.65. The number of hydrogen-bond donors (Lipinski definition) is 0. The Morgan fingerprint density at radius 3 is 1.27 bits per heavy atom. The Balaban J connectivity index is 2.00. The Bertz CT molecular complexity index is 846. The normalized spacial score (nSPS) is 11.8. The van der Waals surface area contributed by atoms with Crippen LogP contribution < -0.4 is 15.9 Å². The van der Waals surface area contributed by atoms with Crippen molar-refractivity contribution in [1.82, 2.24) is 9.97 Å². The standard InChI is InChI=1S/C23H21N2P/c1-4-11-20(12-5-1)26(21-13-6-2-7-14-21,22-15-8-3-9-16-22)19-23-24-17-10-18-25-23/h1-18,26H,19H2. The van der Waals surface area contributed by atoms with Gasteiger partial charge >= 0.3 is 155 Å². The summed E-state index contributed by atoms with van der Waals surface area (Å²) in [6, 6.07) is 34.5. The van der Waals surface area contributed by atoms with Crippen molar-refractivity contribution in [3.63, 3.8) is 0 Å². The number of benzene rings is 3. The molecule has 0 fully saturated rings. The van der Waals surface area contributed by atoms with Gasteiger partial charge in [-0.05, 0) is 0 Å². The second-order valence-corrected chi connectivity index (χ2v) is 10.2. The van der Waals surface area contributed by atoms with Gasteiger partial charge in [0.1, 0.15) is 0 Å². The molecule has 1 aromatic heterocycles. The molecule has 4 aromatic rings. The van der Waals surface area contributed by atoms with Crippen molar-refractivity contribution in [2.45, 2.75) is 6.16 Å². The second kappa shape index (κ2) is 7.59. The molecule has 0 unspecified atom stereocenters. The van der Waals surface area contributed by atoms with E-state index in [4.69, 9.17) is 0 Å². The van der Waals surface area contributed by atoms with Gasteiger partial charge in [-0.25, -0.2) is 0 Å². The van der Waals surface area contributed by atoms with E-state index in [1.807, 2.05) is 18.5 Å². The number of aromatic nitrogens is 2. The SMILES string of the molecule is c1ccc([PH](Cc2ncccn2)(c2ccccc2)c2ccccc2)cc1. The predicted molar refractivity (Wildman–Crippen MR) is 112 cm³/mol. The molecule has 0 saturated carbocycles. The molecule has 3 heteroatoms. The summed E-state index contributed by atoms with van der Waals surface area (Å²) < 4.78 is 0. The first-order valence-corrected chi connectivity index (χ1v) is 11.0. The minimum atomic E-state index is -2.29. The van der Waals surface area contributed by atoms with E-state index < -0.39 is 7.26 Å². The van der Waals surface area contributed by atoms with Gasteiger partial charge in [-0.2, -0.15) is 0 Å². The molecule has 3 aromatic carbocycles. The van der Waals surface area contributed by atoms with Crippen LogP contribution in [0.15, 0.2) is 109 Å². The number of rotatable bonds is 5. The monoisotopic (exact) mass is 356 g/mol. The Labute approximate surface area is 154 Å². The van der Waals surface area contributed by atoms with E-state index in [9.17, 15) is 0 Å². The van der Waals surface area contributed by atoms with Gasteiger partial charge in [0, 0.05) is 0 Å². The van der Waals surface area contributed by atoms with Crippen LogP contribution in [0, 0.1) is 0 Å². The first-order valence-electron chi connectivity index (χ1n) is 8.82. The Hall–Kier alpha value is -2.83. The van der Waals surface area contributed by atoms with Crippen molar-refractivity contribution in [2.75, 3.05) is 0 Å². The minimum absolute atomic E-state index is 0.839. The molecular weight excluding hydrogens is 335 g/mol. The van der Waals surface area contributed by atoms with E-state index in [1.165, 1.54) is 15.9 Å². The molecule has 0 N–H and O–H groups in total. The van der Waals surface area contributed by atoms with Gasteiger partial charge in [-0.3, -0.25) is 0 Å². The molecular formula is C23H21N2P. The second-order valence-electron chi connectivity index (χ2n) is 6.35. The zero-order valence-electron chi connectivity index (χ0n) is 14.5. The molecule has 0 amide bonds. The van der Waals surface area contributed by atoms with E-state index in [-0.39, 0.29) is 0 Å². The van der Waals surface area contributed by atoms with Crippen LogP contribution in [-0.2, 0) is 6.16 Å². The summed E-state index contributed by atoms with van der Waals surface area (Å²) in [6.45, 7) is 0. The Morgan fingerprint density at radius 2 is 0.885 bits per heavy atom. The molecule has 0 bridgehead atoms. The molecule has 1 heterocycles. The maximum absolute atomic E-state index is 4.56. The van der Waals surface area contributed by atoms with E-state index in [0.717, 1.165) is 12.0 Å². The van der Waals surface area contributed by atoms with Gasteiger partial charge in [0.2, 0.25) is 0 Å². The van der Waals surface area contributed by atoms with Crippen molar-refractivity contribution < 1.29 is 0 Å². The van der Waals surface area contributed by atoms with Crippen molar-refractivity contribution >= 4 is 23.2 Å². The van der Waals surface area contributed by atoms with Crippen LogP contribution in [0.2, 0.25) is 0 Å². The maximum atomic E-state index is 4.56. The van der Waals surface area contributed by atoms with E-state index >= 15 is 0 Å². The van der Waals surface area contributed by atoms with Gasteiger partial charge in [0.05, 0.1) is 0 Å². The fourth-order valence-electron chi connectivity index (χ4n) is 3.63. The van der Waals surface area contributed by atoms with Crippen LogP contribution in [0.25, 0.3) is 0 Å². The summed E-state index contributed by atoms with van der Waals surface area (Å²) in [5.74, 6) is 0.899. The summed E-state index contributed by atoms with van der Waals surface area (Å²) in [6.07, 6.45) is 4.51. The van der Waals surface area contributed by atoms with Gasteiger partial charge in [-0.15, -0.1) is 0 Å². The van der Waals surface area contributed by atoms with Crippen molar-refractivity contribution in [3.05, 3.63) is 115 Å². The molecule has 0 atom stereocenters. The summed E-state index contributed by atoms with van der Waals surface area (Å²) in [5.41, 5.74) is 0. The van der Waals surface area contributed by atoms with Gasteiger partial charge in [0.15, 0.2) is 0 Å². The predicted octanol–water partition coefficient (Wildman–Crippen LogP) is 3.70. The van der Waals surface area contributed by atoms with Crippen LogP contribution in [0.4, 0.5) is 0 Å². The van der Waals surface area contributed by atoms with Crippen LogP contribution in [-0.4, -0.2) is 9.97 Å². The molecule has 0 aliphatic rings. The molecule has 0 saturated heterocycles. The third kappa shape index (κ3) is 3.16. The topological polar surface area (TPSA) is 25.8 Å². The number of hydrogen-bond acceptors (Lipinski definition) is 2.